The van der Waals surface area contributed by atoms with Gasteiger partial charge in [0.1, 0.15) is 17.6 Å². The van der Waals surface area contributed by atoms with Crippen LogP contribution in [0.3, 0.4) is 0 Å². The van der Waals surface area contributed by atoms with Gasteiger partial charge < -0.3 is 19.7 Å². The van der Waals surface area contributed by atoms with Crippen LogP contribution in [-0.2, 0) is 21.6 Å². The number of ether oxygens (including phenoxy) is 1. The van der Waals surface area contributed by atoms with Crippen molar-refractivity contribution in [3.63, 3.8) is 0 Å². The van der Waals surface area contributed by atoms with Crippen LogP contribution >= 0.6 is 0 Å². The summed E-state index contributed by atoms with van der Waals surface area (Å²) in [7, 11) is 1.59. The predicted octanol–water partition coefficient (Wildman–Crippen LogP) is 0.962. The molecule has 0 bridgehead atoms. The number of benzene rings is 1. The standard InChI is InChI=1S/C17H19N3O5/c1-24-12-4-5-13-11(9-12)3-2-7-17(13,23)10-18-15(21)16(22)19-14-6-8-25-20-14/h4-6,8-9,23H,2-3,7,10H2,1H3,(H,18,21)(H,19,20,22). The lowest BCUT2D eigenvalue weighted by molar-refractivity contribution is -0.137. The maximum atomic E-state index is 12.0. The van der Waals surface area contributed by atoms with Crippen LogP contribution in [0, 0.1) is 0 Å². The number of aromatic nitrogens is 1. The fourth-order valence-corrected chi connectivity index (χ4v) is 3.00. The smallest absolute Gasteiger partial charge is 0.314 e. The molecule has 1 unspecified atom stereocenters. The van der Waals surface area contributed by atoms with E-state index in [1.807, 2.05) is 6.07 Å². The zero-order valence-corrected chi connectivity index (χ0v) is 13.7. The van der Waals surface area contributed by atoms with Crippen molar-refractivity contribution < 1.29 is 24.0 Å². The second kappa shape index (κ2) is 6.94. The number of nitrogens with zero attached hydrogens (tertiary/aromatic N) is 1. The number of hydrogen-bond donors (Lipinski definition) is 3. The molecule has 0 aliphatic heterocycles. The highest BCUT2D eigenvalue weighted by Gasteiger charge is 2.35. The molecule has 0 saturated carbocycles. The second-order valence-electron chi connectivity index (χ2n) is 5.93. The average Bonchev–Trinajstić information content (AvgIpc) is 3.12. The van der Waals surface area contributed by atoms with E-state index in [9.17, 15) is 14.7 Å². The van der Waals surface area contributed by atoms with Gasteiger partial charge in [-0.05, 0) is 42.5 Å². The lowest BCUT2D eigenvalue weighted by Crippen LogP contribution is -2.46. The van der Waals surface area contributed by atoms with Crippen LogP contribution in [0.1, 0.15) is 24.0 Å². The van der Waals surface area contributed by atoms with Gasteiger partial charge in [-0.3, -0.25) is 14.9 Å². The van der Waals surface area contributed by atoms with Crippen molar-refractivity contribution in [3.05, 3.63) is 41.7 Å². The Kier molecular flexibility index (Phi) is 4.71. The molecule has 1 heterocycles. The van der Waals surface area contributed by atoms with Gasteiger partial charge in [0.25, 0.3) is 0 Å². The summed E-state index contributed by atoms with van der Waals surface area (Å²) in [6.45, 7) is -0.0581. The number of nitrogens with one attached hydrogen (secondary N) is 2. The number of carbonyl (C=O) groups excluding carboxylic acids is 2. The second-order valence-corrected chi connectivity index (χ2v) is 5.93. The Morgan fingerprint density at radius 1 is 1.36 bits per heavy atom. The van der Waals surface area contributed by atoms with Crippen molar-refractivity contribution in [2.75, 3.05) is 19.0 Å². The summed E-state index contributed by atoms with van der Waals surface area (Å²) in [5.74, 6) is -0.853. The lowest BCUT2D eigenvalue weighted by atomic mass is 9.79. The van der Waals surface area contributed by atoms with E-state index in [-0.39, 0.29) is 12.4 Å². The number of rotatable bonds is 4. The van der Waals surface area contributed by atoms with E-state index in [4.69, 9.17) is 4.74 Å². The highest BCUT2D eigenvalue weighted by atomic mass is 16.5. The molecule has 1 aromatic heterocycles. The summed E-state index contributed by atoms with van der Waals surface area (Å²) in [5.41, 5.74) is 0.509. The van der Waals surface area contributed by atoms with E-state index in [0.29, 0.717) is 6.42 Å². The highest BCUT2D eigenvalue weighted by Crippen LogP contribution is 2.36. The van der Waals surface area contributed by atoms with Gasteiger partial charge >= 0.3 is 11.8 Å². The summed E-state index contributed by atoms with van der Waals surface area (Å²) in [5, 5.41) is 19.2. The number of fused-ring (bicyclic) bond motifs is 1. The molecule has 0 fully saturated rings. The summed E-state index contributed by atoms with van der Waals surface area (Å²) in [4.78, 5) is 23.8. The average molecular weight is 345 g/mol. The van der Waals surface area contributed by atoms with Crippen LogP contribution in [0.15, 0.2) is 35.1 Å². The van der Waals surface area contributed by atoms with Gasteiger partial charge in [-0.2, -0.15) is 0 Å². The molecular formula is C17H19N3O5. The SMILES string of the molecule is COc1ccc2c(c1)CCCC2(O)CNC(=O)C(=O)Nc1ccon1. The zero-order valence-electron chi connectivity index (χ0n) is 13.7. The van der Waals surface area contributed by atoms with E-state index in [1.54, 1.807) is 19.2 Å². The number of anilines is 1. The van der Waals surface area contributed by atoms with Crippen molar-refractivity contribution in [2.45, 2.75) is 24.9 Å². The van der Waals surface area contributed by atoms with E-state index in [1.165, 1.54) is 12.3 Å². The summed E-state index contributed by atoms with van der Waals surface area (Å²) < 4.78 is 9.79. The maximum absolute atomic E-state index is 12.0. The fraction of sp³-hybridized carbons (Fsp3) is 0.353. The number of aliphatic hydroxyl groups is 1. The van der Waals surface area contributed by atoms with Crippen molar-refractivity contribution >= 4 is 17.6 Å². The molecule has 25 heavy (non-hydrogen) atoms. The predicted molar refractivity (Wildman–Crippen MR) is 88.0 cm³/mol. The molecule has 1 aliphatic carbocycles. The lowest BCUT2D eigenvalue weighted by Gasteiger charge is -2.34. The Morgan fingerprint density at radius 2 is 2.20 bits per heavy atom. The van der Waals surface area contributed by atoms with Gasteiger partial charge in [-0.15, -0.1) is 0 Å². The van der Waals surface area contributed by atoms with Crippen LogP contribution in [0.5, 0.6) is 5.75 Å². The molecule has 1 atom stereocenters. The Labute approximate surface area is 144 Å². The fourth-order valence-electron chi connectivity index (χ4n) is 3.00. The quantitative estimate of drug-likeness (QED) is 0.711. The first-order valence-electron chi connectivity index (χ1n) is 7.91. The van der Waals surface area contributed by atoms with Crippen molar-refractivity contribution in [1.82, 2.24) is 10.5 Å². The molecule has 3 rings (SSSR count). The molecule has 2 amide bonds. The number of carbonyl (C=O) groups is 2. The number of hydrogen-bond acceptors (Lipinski definition) is 6. The molecule has 8 nitrogen and oxygen atoms in total. The highest BCUT2D eigenvalue weighted by molar-refractivity contribution is 6.39. The number of amides is 2. The third kappa shape index (κ3) is 3.63. The third-order valence-electron chi connectivity index (χ3n) is 4.28. The molecule has 132 valence electrons. The minimum Gasteiger partial charge on any atom is -0.497 e. The Balaban J connectivity index is 1.66. The monoisotopic (exact) mass is 345 g/mol. The molecule has 2 aromatic rings. The Hall–Kier alpha value is -2.87. The molecule has 0 spiro atoms. The van der Waals surface area contributed by atoms with Gasteiger partial charge in [-0.25, -0.2) is 0 Å². The first-order valence-corrected chi connectivity index (χ1v) is 7.91. The van der Waals surface area contributed by atoms with Gasteiger partial charge in [0.05, 0.1) is 13.7 Å². The summed E-state index contributed by atoms with van der Waals surface area (Å²) in [6.07, 6.45) is 3.38. The van der Waals surface area contributed by atoms with Crippen LogP contribution in [0.2, 0.25) is 0 Å². The van der Waals surface area contributed by atoms with Crippen molar-refractivity contribution in [2.24, 2.45) is 0 Å². The van der Waals surface area contributed by atoms with Crippen LogP contribution in [-0.4, -0.2) is 35.7 Å². The van der Waals surface area contributed by atoms with Crippen LogP contribution in [0.25, 0.3) is 0 Å². The van der Waals surface area contributed by atoms with Gasteiger partial charge in [0.15, 0.2) is 5.82 Å². The third-order valence-corrected chi connectivity index (χ3v) is 4.28. The van der Waals surface area contributed by atoms with Gasteiger partial charge in [-0.1, -0.05) is 11.2 Å². The Bertz CT molecular complexity index is 775. The van der Waals surface area contributed by atoms with Gasteiger partial charge in [0, 0.05) is 6.07 Å². The Morgan fingerprint density at radius 3 is 2.92 bits per heavy atom. The molecule has 3 N–H and O–H groups in total. The zero-order chi connectivity index (χ0) is 17.9. The van der Waals surface area contributed by atoms with E-state index in [2.05, 4.69) is 20.3 Å². The normalized spacial score (nSPS) is 19.0. The summed E-state index contributed by atoms with van der Waals surface area (Å²) in [6, 6.07) is 6.88. The maximum Gasteiger partial charge on any atom is 0.314 e. The van der Waals surface area contributed by atoms with Crippen LogP contribution in [0.4, 0.5) is 5.82 Å². The van der Waals surface area contributed by atoms with E-state index in [0.717, 1.165) is 29.7 Å². The molecule has 0 saturated heterocycles. The topological polar surface area (TPSA) is 114 Å². The van der Waals surface area contributed by atoms with Gasteiger partial charge in [0.2, 0.25) is 0 Å². The first kappa shape index (κ1) is 17.0. The van der Waals surface area contributed by atoms with E-state index < -0.39 is 17.4 Å². The minimum absolute atomic E-state index is 0.0581. The van der Waals surface area contributed by atoms with Crippen molar-refractivity contribution in [3.8, 4) is 5.75 Å². The molecular weight excluding hydrogens is 326 g/mol. The molecule has 0 radical (unpaired) electrons. The largest absolute Gasteiger partial charge is 0.497 e. The van der Waals surface area contributed by atoms with E-state index >= 15 is 0 Å². The molecule has 1 aliphatic rings. The number of methoxy groups -OCH3 is 1. The molecule has 8 heteroatoms. The molecule has 1 aromatic carbocycles. The number of aryl methyl sites for hydroxylation is 1. The minimum atomic E-state index is -1.22. The van der Waals surface area contributed by atoms with Crippen molar-refractivity contribution in [1.29, 1.82) is 0 Å². The first-order chi connectivity index (χ1) is 12.0. The summed E-state index contributed by atoms with van der Waals surface area (Å²) >= 11 is 0. The van der Waals surface area contributed by atoms with Crippen LogP contribution < -0.4 is 15.4 Å².